The van der Waals surface area contributed by atoms with Gasteiger partial charge in [-0.1, -0.05) is 0 Å². The molecule has 2 rings (SSSR count). The van der Waals surface area contributed by atoms with Crippen LogP contribution in [0.5, 0.6) is 0 Å². The highest BCUT2D eigenvalue weighted by Gasteiger charge is 2.17. The Hall–Kier alpha value is -2.08. The molecule has 2 heterocycles. The lowest BCUT2D eigenvalue weighted by atomic mass is 10.3. The minimum Gasteiger partial charge on any atom is -0.476 e. The summed E-state index contributed by atoms with van der Waals surface area (Å²) in [5, 5.41) is 9.03. The number of pyridine rings is 1. The van der Waals surface area contributed by atoms with Gasteiger partial charge in [-0.3, -0.25) is 0 Å². The fourth-order valence-corrected chi connectivity index (χ4v) is 1.68. The average Bonchev–Trinajstić information content (AvgIpc) is 2.60. The second kappa shape index (κ2) is 3.82. The van der Waals surface area contributed by atoms with E-state index >= 15 is 0 Å². The highest BCUT2D eigenvalue weighted by atomic mass is 16.4. The van der Waals surface area contributed by atoms with Gasteiger partial charge in [-0.05, 0) is 18.7 Å². The topological polar surface area (TPSA) is 107 Å². The van der Waals surface area contributed by atoms with E-state index < -0.39 is 5.97 Å². The molecule has 5 N–H and O–H groups in total. The number of nitrogens with two attached hydrogens (primary N) is 2. The molecular weight excluding hydrogens is 208 g/mol. The van der Waals surface area contributed by atoms with E-state index in [0.717, 1.165) is 0 Å². The van der Waals surface area contributed by atoms with E-state index in [1.165, 1.54) is 0 Å². The molecule has 0 atom stereocenters. The Labute approximate surface area is 91.5 Å². The first-order valence-corrected chi connectivity index (χ1v) is 4.84. The Morgan fingerprint density at radius 2 is 2.31 bits per heavy atom. The van der Waals surface area contributed by atoms with Crippen molar-refractivity contribution >= 4 is 17.2 Å². The maximum atomic E-state index is 11.0. The molecule has 16 heavy (non-hydrogen) atoms. The van der Waals surface area contributed by atoms with Crippen LogP contribution in [0.3, 0.4) is 0 Å². The fourth-order valence-electron chi connectivity index (χ4n) is 1.68. The normalized spacial score (nSPS) is 10.8. The predicted octanol–water partition coefficient (Wildman–Crippen LogP) is 0.116. The van der Waals surface area contributed by atoms with Gasteiger partial charge in [0.25, 0.3) is 0 Å². The molecule has 0 saturated carbocycles. The number of aromatic nitrogens is 2. The van der Waals surface area contributed by atoms with E-state index in [-0.39, 0.29) is 5.69 Å². The number of rotatable bonds is 3. The standard InChI is InChI=1S/C10H12N4O2/c11-4-3-7-13-8(10(15)16)9-6(12)2-1-5-14(7)9/h1-2,5H,3-4,11-12H2,(H,15,16). The van der Waals surface area contributed by atoms with E-state index in [0.29, 0.717) is 30.0 Å². The first-order valence-electron chi connectivity index (χ1n) is 4.84. The van der Waals surface area contributed by atoms with Crippen LogP contribution in [-0.4, -0.2) is 27.0 Å². The van der Waals surface area contributed by atoms with E-state index in [2.05, 4.69) is 4.98 Å². The second-order valence-electron chi connectivity index (χ2n) is 3.40. The van der Waals surface area contributed by atoms with Gasteiger partial charge in [-0.2, -0.15) is 0 Å². The average molecular weight is 220 g/mol. The number of fused-ring (bicyclic) bond motifs is 1. The molecule has 0 fully saturated rings. The number of hydrogen-bond donors (Lipinski definition) is 3. The van der Waals surface area contributed by atoms with Crippen LogP contribution in [0.15, 0.2) is 18.3 Å². The number of carboxylic acids is 1. The van der Waals surface area contributed by atoms with Gasteiger partial charge in [0, 0.05) is 12.6 Å². The van der Waals surface area contributed by atoms with Crippen LogP contribution in [0.1, 0.15) is 16.3 Å². The Bertz CT molecular complexity index is 547. The molecule has 0 radical (unpaired) electrons. The molecule has 0 aliphatic rings. The Balaban J connectivity index is 2.76. The fraction of sp³-hybridized carbons (Fsp3) is 0.200. The van der Waals surface area contributed by atoms with Gasteiger partial charge in [0.05, 0.1) is 5.69 Å². The zero-order chi connectivity index (χ0) is 11.7. The molecule has 0 aromatic carbocycles. The summed E-state index contributed by atoms with van der Waals surface area (Å²) in [5.41, 5.74) is 12.0. The molecule has 2 aromatic heterocycles. The summed E-state index contributed by atoms with van der Waals surface area (Å²) in [4.78, 5) is 15.1. The third-order valence-electron chi connectivity index (χ3n) is 2.34. The third kappa shape index (κ3) is 1.49. The largest absolute Gasteiger partial charge is 0.476 e. The van der Waals surface area contributed by atoms with Crippen molar-refractivity contribution in [1.82, 2.24) is 9.38 Å². The second-order valence-corrected chi connectivity index (χ2v) is 3.40. The van der Waals surface area contributed by atoms with Crippen molar-refractivity contribution < 1.29 is 9.90 Å². The van der Waals surface area contributed by atoms with E-state index in [9.17, 15) is 4.79 Å². The highest BCUT2D eigenvalue weighted by Crippen LogP contribution is 2.20. The number of carboxylic acid groups (broad SMARTS) is 1. The molecule has 0 unspecified atom stereocenters. The Kier molecular flexibility index (Phi) is 2.49. The summed E-state index contributed by atoms with van der Waals surface area (Å²) in [6.07, 6.45) is 2.24. The first kappa shape index (κ1) is 10.4. The number of hydrogen-bond acceptors (Lipinski definition) is 4. The lowest BCUT2D eigenvalue weighted by Crippen LogP contribution is -2.06. The SMILES string of the molecule is NCCc1nc(C(=O)O)c2c(N)cccn12. The van der Waals surface area contributed by atoms with Crippen molar-refractivity contribution in [3.63, 3.8) is 0 Å². The van der Waals surface area contributed by atoms with Crippen LogP contribution in [0.25, 0.3) is 5.52 Å². The van der Waals surface area contributed by atoms with Crippen LogP contribution in [0.4, 0.5) is 5.69 Å². The zero-order valence-corrected chi connectivity index (χ0v) is 8.55. The summed E-state index contributed by atoms with van der Waals surface area (Å²) in [6, 6.07) is 3.39. The number of carbonyl (C=O) groups is 1. The van der Waals surface area contributed by atoms with Gasteiger partial charge in [0.2, 0.25) is 0 Å². The van der Waals surface area contributed by atoms with Crippen LogP contribution < -0.4 is 11.5 Å². The van der Waals surface area contributed by atoms with Crippen LogP contribution in [-0.2, 0) is 6.42 Å². The number of anilines is 1. The summed E-state index contributed by atoms with van der Waals surface area (Å²) >= 11 is 0. The number of nitrogen functional groups attached to an aromatic ring is 1. The molecule has 0 spiro atoms. The minimum atomic E-state index is -1.08. The third-order valence-corrected chi connectivity index (χ3v) is 2.34. The summed E-state index contributed by atoms with van der Waals surface area (Å²) in [5.74, 6) is -0.471. The lowest BCUT2D eigenvalue weighted by Gasteiger charge is -2.01. The van der Waals surface area contributed by atoms with Gasteiger partial charge < -0.3 is 21.0 Å². The van der Waals surface area contributed by atoms with Crippen molar-refractivity contribution in [2.24, 2.45) is 5.73 Å². The van der Waals surface area contributed by atoms with Gasteiger partial charge in [-0.25, -0.2) is 9.78 Å². The molecular formula is C10H12N4O2. The molecule has 6 heteroatoms. The van der Waals surface area contributed by atoms with Crippen LogP contribution in [0, 0.1) is 0 Å². The van der Waals surface area contributed by atoms with E-state index in [4.69, 9.17) is 16.6 Å². The zero-order valence-electron chi connectivity index (χ0n) is 8.55. The molecule has 84 valence electrons. The van der Waals surface area contributed by atoms with Gasteiger partial charge in [0.15, 0.2) is 5.69 Å². The molecule has 0 aliphatic heterocycles. The molecule has 6 nitrogen and oxygen atoms in total. The van der Waals surface area contributed by atoms with Gasteiger partial charge in [-0.15, -0.1) is 0 Å². The maximum Gasteiger partial charge on any atom is 0.356 e. The smallest absolute Gasteiger partial charge is 0.356 e. The van der Waals surface area contributed by atoms with Crippen molar-refractivity contribution in [1.29, 1.82) is 0 Å². The van der Waals surface area contributed by atoms with Crippen molar-refractivity contribution in [2.45, 2.75) is 6.42 Å². The number of aromatic carboxylic acids is 1. The summed E-state index contributed by atoms with van der Waals surface area (Å²) < 4.78 is 1.67. The minimum absolute atomic E-state index is 0.0263. The van der Waals surface area contributed by atoms with Gasteiger partial charge >= 0.3 is 5.97 Å². The summed E-state index contributed by atoms with van der Waals surface area (Å²) in [6.45, 7) is 0.410. The highest BCUT2D eigenvalue weighted by molar-refractivity contribution is 5.97. The van der Waals surface area contributed by atoms with Crippen LogP contribution in [0.2, 0.25) is 0 Å². The van der Waals surface area contributed by atoms with Crippen molar-refractivity contribution in [3.05, 3.63) is 29.8 Å². The van der Waals surface area contributed by atoms with Gasteiger partial charge in [0.1, 0.15) is 11.3 Å². The number of nitrogens with zero attached hydrogens (tertiary/aromatic N) is 2. The van der Waals surface area contributed by atoms with E-state index in [1.54, 1.807) is 22.7 Å². The van der Waals surface area contributed by atoms with Crippen molar-refractivity contribution in [3.8, 4) is 0 Å². The first-order chi connectivity index (χ1) is 7.65. The molecule has 0 saturated heterocycles. The van der Waals surface area contributed by atoms with Crippen molar-refractivity contribution in [2.75, 3.05) is 12.3 Å². The number of imidazole rings is 1. The predicted molar refractivity (Wildman–Crippen MR) is 59.3 cm³/mol. The molecule has 2 aromatic rings. The lowest BCUT2D eigenvalue weighted by molar-refractivity contribution is 0.0693. The van der Waals surface area contributed by atoms with Crippen LogP contribution >= 0.6 is 0 Å². The molecule has 0 amide bonds. The summed E-state index contributed by atoms with van der Waals surface area (Å²) in [7, 11) is 0. The quantitative estimate of drug-likeness (QED) is 0.680. The molecule has 0 aliphatic carbocycles. The Morgan fingerprint density at radius 3 is 2.94 bits per heavy atom. The van der Waals surface area contributed by atoms with E-state index in [1.807, 2.05) is 0 Å². The maximum absolute atomic E-state index is 11.0. The molecule has 0 bridgehead atoms. The Morgan fingerprint density at radius 1 is 1.56 bits per heavy atom. The monoisotopic (exact) mass is 220 g/mol.